The lowest BCUT2D eigenvalue weighted by molar-refractivity contribution is -0.116. The molecule has 0 aliphatic rings. The number of amides is 1. The lowest BCUT2D eigenvalue weighted by Gasteiger charge is -2.12. The molecule has 0 aliphatic carbocycles. The summed E-state index contributed by atoms with van der Waals surface area (Å²) in [4.78, 5) is 43.4. The molecule has 4 rings (SSSR count). The third-order valence-electron chi connectivity index (χ3n) is 4.63. The van der Waals surface area contributed by atoms with Crippen LogP contribution in [0.15, 0.2) is 62.5 Å². The van der Waals surface area contributed by atoms with Gasteiger partial charge in [-0.15, -0.1) is 11.3 Å². The molecule has 1 amide bonds. The van der Waals surface area contributed by atoms with Crippen LogP contribution in [0.25, 0.3) is 16.0 Å². The topological polar surface area (TPSA) is 86.0 Å². The third-order valence-corrected chi connectivity index (χ3v) is 6.65. The number of carbonyl (C=O) groups is 1. The number of thiazole rings is 1. The van der Waals surface area contributed by atoms with E-state index >= 15 is 0 Å². The average Bonchev–Trinajstić information content (AvgIpc) is 3.19. The summed E-state index contributed by atoms with van der Waals surface area (Å²) in [5.74, 6) is -1.02. The van der Waals surface area contributed by atoms with E-state index in [0.717, 1.165) is 4.57 Å². The molecule has 0 bridgehead atoms. The van der Waals surface area contributed by atoms with Gasteiger partial charge in [-0.05, 0) is 43.0 Å². The molecule has 0 unspecified atom stereocenters. The van der Waals surface area contributed by atoms with Crippen LogP contribution in [0.4, 0.5) is 10.1 Å². The molecule has 0 radical (unpaired) electrons. The van der Waals surface area contributed by atoms with Gasteiger partial charge in [-0.2, -0.15) is 0 Å². The van der Waals surface area contributed by atoms with E-state index in [2.05, 4.69) is 10.3 Å². The first-order valence-electron chi connectivity index (χ1n) is 9.21. The maximum absolute atomic E-state index is 13.6. The molecule has 31 heavy (non-hydrogen) atoms. The van der Waals surface area contributed by atoms with Crippen LogP contribution >= 0.6 is 23.1 Å². The monoisotopic (exact) mass is 456 g/mol. The molecular formula is C21H17FN4O3S2. The molecule has 1 N–H and O–H groups in total. The van der Waals surface area contributed by atoms with Crippen molar-refractivity contribution in [2.24, 2.45) is 0 Å². The predicted molar refractivity (Wildman–Crippen MR) is 121 cm³/mol. The van der Waals surface area contributed by atoms with E-state index in [1.165, 1.54) is 39.8 Å². The first kappa shape index (κ1) is 21.0. The van der Waals surface area contributed by atoms with E-state index in [4.69, 9.17) is 0 Å². The fourth-order valence-corrected chi connectivity index (χ4v) is 4.61. The smallest absolute Gasteiger partial charge is 0.324 e. The number of para-hydroxylation sites is 1. The number of nitrogens with zero attached hydrogens (tertiary/aromatic N) is 3. The van der Waals surface area contributed by atoms with Crippen LogP contribution in [-0.4, -0.2) is 26.3 Å². The van der Waals surface area contributed by atoms with E-state index < -0.39 is 23.0 Å². The van der Waals surface area contributed by atoms with Gasteiger partial charge in [0, 0.05) is 5.69 Å². The van der Waals surface area contributed by atoms with Gasteiger partial charge in [-0.25, -0.2) is 18.7 Å². The second-order valence-electron chi connectivity index (χ2n) is 6.69. The summed E-state index contributed by atoms with van der Waals surface area (Å²) >= 11 is 2.51. The molecule has 0 atom stereocenters. The Hall–Kier alpha value is -3.24. The molecule has 2 aromatic carbocycles. The van der Waals surface area contributed by atoms with Crippen molar-refractivity contribution in [2.45, 2.75) is 17.8 Å². The van der Waals surface area contributed by atoms with Crippen LogP contribution in [-0.2, 0) is 11.3 Å². The van der Waals surface area contributed by atoms with E-state index in [0.29, 0.717) is 21.3 Å². The first-order valence-corrected chi connectivity index (χ1v) is 11.2. The van der Waals surface area contributed by atoms with Gasteiger partial charge in [0.15, 0.2) is 9.99 Å². The van der Waals surface area contributed by atoms with Gasteiger partial charge in [-0.1, -0.05) is 36.0 Å². The number of carbonyl (C=O) groups excluding carboxylic acids is 1. The number of thioether (sulfide) groups is 1. The lowest BCUT2D eigenvalue weighted by atomic mass is 10.2. The molecule has 10 heteroatoms. The Kier molecular flexibility index (Phi) is 5.75. The van der Waals surface area contributed by atoms with Crippen LogP contribution in [0.1, 0.15) is 5.56 Å². The number of halogens is 1. The summed E-state index contributed by atoms with van der Waals surface area (Å²) in [6, 6.07) is 12.6. The number of rotatable bonds is 5. The lowest BCUT2D eigenvalue weighted by Crippen LogP contribution is -2.40. The van der Waals surface area contributed by atoms with Crippen molar-refractivity contribution in [1.29, 1.82) is 0 Å². The largest absolute Gasteiger partial charge is 0.337 e. The summed E-state index contributed by atoms with van der Waals surface area (Å²) in [5, 5.41) is 2.63. The van der Waals surface area contributed by atoms with Crippen molar-refractivity contribution in [2.75, 3.05) is 11.6 Å². The first-order chi connectivity index (χ1) is 14.9. The molecule has 0 fully saturated rings. The Morgan fingerprint density at radius 1 is 1.19 bits per heavy atom. The van der Waals surface area contributed by atoms with Gasteiger partial charge >= 0.3 is 5.69 Å². The Labute approximate surface area is 184 Å². The number of aromatic nitrogens is 3. The van der Waals surface area contributed by atoms with Crippen LogP contribution in [0.3, 0.4) is 0 Å². The Balaban J connectivity index is 1.84. The van der Waals surface area contributed by atoms with Crippen molar-refractivity contribution in [3.63, 3.8) is 0 Å². The van der Waals surface area contributed by atoms with Crippen LogP contribution in [0, 0.1) is 12.7 Å². The van der Waals surface area contributed by atoms with Crippen molar-refractivity contribution < 1.29 is 9.18 Å². The molecule has 2 heterocycles. The molecular weight excluding hydrogens is 439 g/mol. The van der Waals surface area contributed by atoms with Gasteiger partial charge in [0.05, 0.1) is 5.69 Å². The van der Waals surface area contributed by atoms with Crippen LogP contribution in [0.2, 0.25) is 0 Å². The van der Waals surface area contributed by atoms with E-state index in [-0.39, 0.29) is 16.9 Å². The molecule has 7 nitrogen and oxygen atoms in total. The fourth-order valence-electron chi connectivity index (χ4n) is 3.11. The third kappa shape index (κ3) is 4.04. The number of anilines is 1. The van der Waals surface area contributed by atoms with Crippen LogP contribution < -0.4 is 16.6 Å². The quantitative estimate of drug-likeness (QED) is 0.465. The highest BCUT2D eigenvalue weighted by molar-refractivity contribution is 8.00. The molecule has 0 aliphatic heterocycles. The average molecular weight is 457 g/mol. The standard InChI is InChI=1S/C21H17FN4O3S2/c1-12-8-9-13(22)10-15(12)23-16(27)11-25-18-17(31-20(24-18)30-2)19(28)26(21(25)29)14-6-4-3-5-7-14/h3-10H,11H2,1-2H3,(H,23,27). The Morgan fingerprint density at radius 2 is 1.94 bits per heavy atom. The van der Waals surface area contributed by atoms with Crippen LogP contribution in [0.5, 0.6) is 0 Å². The highest BCUT2D eigenvalue weighted by Gasteiger charge is 2.20. The second kappa shape index (κ2) is 8.48. The molecule has 0 saturated heterocycles. The molecule has 0 saturated carbocycles. The summed E-state index contributed by atoms with van der Waals surface area (Å²) in [6.45, 7) is 1.36. The zero-order valence-electron chi connectivity index (χ0n) is 16.6. The molecule has 158 valence electrons. The minimum Gasteiger partial charge on any atom is -0.324 e. The maximum Gasteiger partial charge on any atom is 0.337 e. The van der Waals surface area contributed by atoms with E-state index in [9.17, 15) is 18.8 Å². The molecule has 2 aromatic heterocycles. The minimum atomic E-state index is -0.673. The number of nitrogens with one attached hydrogen (secondary N) is 1. The Bertz CT molecular complexity index is 1410. The van der Waals surface area contributed by atoms with Crippen molar-refractivity contribution in [3.05, 3.63) is 80.7 Å². The second-order valence-corrected chi connectivity index (χ2v) is 8.74. The van der Waals surface area contributed by atoms with E-state index in [1.807, 2.05) is 6.26 Å². The number of aryl methyl sites for hydroxylation is 1. The minimum absolute atomic E-state index is 0.155. The Morgan fingerprint density at radius 3 is 2.65 bits per heavy atom. The number of hydrogen-bond donors (Lipinski definition) is 1. The van der Waals surface area contributed by atoms with E-state index in [1.54, 1.807) is 43.3 Å². The predicted octanol–water partition coefficient (Wildman–Crippen LogP) is 3.42. The SMILES string of the molecule is CSc1nc2c(s1)c(=O)n(-c1ccccc1)c(=O)n2CC(=O)Nc1cc(F)ccc1C. The zero-order valence-corrected chi connectivity index (χ0v) is 18.2. The van der Waals surface area contributed by atoms with Gasteiger partial charge in [-0.3, -0.25) is 14.2 Å². The maximum atomic E-state index is 13.6. The van der Waals surface area contributed by atoms with Gasteiger partial charge in [0.1, 0.15) is 17.1 Å². The number of hydrogen-bond acceptors (Lipinski definition) is 6. The fraction of sp³-hybridized carbons (Fsp3) is 0.143. The summed E-state index contributed by atoms with van der Waals surface area (Å²) in [7, 11) is 0. The summed E-state index contributed by atoms with van der Waals surface area (Å²) in [5.41, 5.74) is 0.388. The summed E-state index contributed by atoms with van der Waals surface area (Å²) in [6.07, 6.45) is 1.81. The van der Waals surface area contributed by atoms with Gasteiger partial charge in [0.25, 0.3) is 5.56 Å². The molecule has 4 aromatic rings. The summed E-state index contributed by atoms with van der Waals surface area (Å²) < 4.78 is 16.7. The highest BCUT2D eigenvalue weighted by atomic mass is 32.2. The number of fused-ring (bicyclic) bond motifs is 1. The number of benzene rings is 2. The van der Waals surface area contributed by atoms with Crippen molar-refractivity contribution in [1.82, 2.24) is 14.1 Å². The molecule has 0 spiro atoms. The van der Waals surface area contributed by atoms with Gasteiger partial charge < -0.3 is 5.32 Å². The normalized spacial score (nSPS) is 11.1. The van der Waals surface area contributed by atoms with Crippen molar-refractivity contribution in [3.8, 4) is 5.69 Å². The highest BCUT2D eigenvalue weighted by Crippen LogP contribution is 2.25. The van der Waals surface area contributed by atoms with Crippen molar-refractivity contribution >= 4 is 45.0 Å². The zero-order chi connectivity index (χ0) is 22.1. The van der Waals surface area contributed by atoms with Gasteiger partial charge in [0.2, 0.25) is 5.91 Å².